The molecule has 0 unspecified atom stereocenters. The number of ether oxygens (including phenoxy) is 1. The zero-order valence-electron chi connectivity index (χ0n) is 16.6. The van der Waals surface area contributed by atoms with Crippen LogP contribution in [0.1, 0.15) is 40.0 Å². The van der Waals surface area contributed by atoms with E-state index >= 15 is 0 Å². The fourth-order valence-electron chi connectivity index (χ4n) is 2.86. The van der Waals surface area contributed by atoms with Gasteiger partial charge < -0.3 is 10.1 Å². The fourth-order valence-corrected chi connectivity index (χ4v) is 2.86. The lowest BCUT2D eigenvalue weighted by atomic mass is 10.0. The van der Waals surface area contributed by atoms with Crippen LogP contribution < -0.4 is 15.6 Å². The summed E-state index contributed by atoms with van der Waals surface area (Å²) in [7, 11) is 1.60. The van der Waals surface area contributed by atoms with Gasteiger partial charge in [0.15, 0.2) is 0 Å². The summed E-state index contributed by atoms with van der Waals surface area (Å²) in [5, 5.41) is 7.29. The quantitative estimate of drug-likeness (QED) is 0.734. The summed E-state index contributed by atoms with van der Waals surface area (Å²) in [4.78, 5) is 24.4. The molecule has 146 valence electrons. The molecule has 1 aromatic heterocycles. The van der Waals surface area contributed by atoms with Crippen molar-refractivity contribution < 1.29 is 9.53 Å². The SMILES string of the molecule is COc1cccc(-c2ccc(=O)n(CC(=O)N[C@@H](C)CCCC(C)C)n2)c1. The molecule has 0 radical (unpaired) electrons. The predicted molar refractivity (Wildman–Crippen MR) is 107 cm³/mol. The zero-order valence-corrected chi connectivity index (χ0v) is 16.6. The van der Waals surface area contributed by atoms with Crippen molar-refractivity contribution in [3.05, 3.63) is 46.8 Å². The van der Waals surface area contributed by atoms with E-state index in [0.29, 0.717) is 17.4 Å². The molecule has 0 aliphatic carbocycles. The topological polar surface area (TPSA) is 73.2 Å². The molecule has 0 fully saturated rings. The van der Waals surface area contributed by atoms with Crippen molar-refractivity contribution in [1.29, 1.82) is 0 Å². The van der Waals surface area contributed by atoms with Crippen LogP contribution in [-0.2, 0) is 11.3 Å². The Labute approximate surface area is 160 Å². The molecular formula is C21H29N3O3. The molecular weight excluding hydrogens is 342 g/mol. The third-order valence-corrected chi connectivity index (χ3v) is 4.35. The first-order valence-electron chi connectivity index (χ1n) is 9.41. The second-order valence-electron chi connectivity index (χ2n) is 7.24. The third-order valence-electron chi connectivity index (χ3n) is 4.35. The monoisotopic (exact) mass is 371 g/mol. The molecule has 27 heavy (non-hydrogen) atoms. The van der Waals surface area contributed by atoms with Crippen molar-refractivity contribution in [3.63, 3.8) is 0 Å². The van der Waals surface area contributed by atoms with Crippen molar-refractivity contribution >= 4 is 5.91 Å². The average molecular weight is 371 g/mol. The number of nitrogens with one attached hydrogen (secondary N) is 1. The first-order valence-corrected chi connectivity index (χ1v) is 9.41. The van der Waals surface area contributed by atoms with Crippen LogP contribution >= 0.6 is 0 Å². The molecule has 2 aromatic rings. The van der Waals surface area contributed by atoms with E-state index in [4.69, 9.17) is 4.74 Å². The van der Waals surface area contributed by atoms with Gasteiger partial charge in [-0.2, -0.15) is 5.10 Å². The number of carbonyl (C=O) groups is 1. The predicted octanol–water partition coefficient (Wildman–Crippen LogP) is 3.25. The Morgan fingerprint density at radius 2 is 1.96 bits per heavy atom. The van der Waals surface area contributed by atoms with Crippen LogP contribution in [0.25, 0.3) is 11.3 Å². The van der Waals surface area contributed by atoms with E-state index in [-0.39, 0.29) is 24.1 Å². The Morgan fingerprint density at radius 3 is 2.67 bits per heavy atom. The van der Waals surface area contributed by atoms with Gasteiger partial charge in [-0.15, -0.1) is 0 Å². The van der Waals surface area contributed by atoms with Gasteiger partial charge in [0.2, 0.25) is 5.91 Å². The highest BCUT2D eigenvalue weighted by atomic mass is 16.5. The Hall–Kier alpha value is -2.63. The number of carbonyl (C=O) groups excluding carboxylic acids is 1. The Bertz CT molecular complexity index is 814. The molecule has 0 bridgehead atoms. The van der Waals surface area contributed by atoms with Gasteiger partial charge in [-0.3, -0.25) is 9.59 Å². The summed E-state index contributed by atoms with van der Waals surface area (Å²) in [5.74, 6) is 1.17. The average Bonchev–Trinajstić information content (AvgIpc) is 2.63. The van der Waals surface area contributed by atoms with Crippen molar-refractivity contribution in [2.24, 2.45) is 5.92 Å². The Balaban J connectivity index is 2.03. The number of aromatic nitrogens is 2. The lowest BCUT2D eigenvalue weighted by Gasteiger charge is -2.15. The molecule has 6 nitrogen and oxygen atoms in total. The summed E-state index contributed by atoms with van der Waals surface area (Å²) in [5.41, 5.74) is 1.14. The summed E-state index contributed by atoms with van der Waals surface area (Å²) in [6.07, 6.45) is 3.14. The molecule has 1 atom stereocenters. The molecule has 0 aliphatic rings. The lowest BCUT2D eigenvalue weighted by molar-refractivity contribution is -0.122. The van der Waals surface area contributed by atoms with Crippen molar-refractivity contribution in [2.75, 3.05) is 7.11 Å². The molecule has 1 heterocycles. The van der Waals surface area contributed by atoms with Gasteiger partial charge in [0, 0.05) is 17.7 Å². The standard InChI is InChI=1S/C21H29N3O3/c1-15(2)7-5-8-16(3)22-20(25)14-24-21(26)12-11-19(23-24)17-9-6-10-18(13-17)27-4/h6,9-13,15-16H,5,7-8,14H2,1-4H3,(H,22,25)/t16-/m0/s1. The molecule has 0 saturated heterocycles. The van der Waals surface area contributed by atoms with Crippen LogP contribution in [0.2, 0.25) is 0 Å². The second kappa shape index (κ2) is 9.90. The van der Waals surface area contributed by atoms with Gasteiger partial charge in [-0.25, -0.2) is 4.68 Å². The highest BCUT2D eigenvalue weighted by Crippen LogP contribution is 2.21. The van der Waals surface area contributed by atoms with Gasteiger partial charge >= 0.3 is 0 Å². The molecule has 6 heteroatoms. The highest BCUT2D eigenvalue weighted by Gasteiger charge is 2.11. The first-order chi connectivity index (χ1) is 12.9. The second-order valence-corrected chi connectivity index (χ2v) is 7.24. The summed E-state index contributed by atoms with van der Waals surface area (Å²) in [6, 6.07) is 10.6. The number of amides is 1. The normalized spacial score (nSPS) is 12.0. The van der Waals surface area contributed by atoms with E-state index in [2.05, 4.69) is 24.3 Å². The van der Waals surface area contributed by atoms with E-state index in [1.165, 1.54) is 10.7 Å². The molecule has 0 spiro atoms. The minimum atomic E-state index is -0.302. The molecule has 1 amide bonds. The Morgan fingerprint density at radius 1 is 1.19 bits per heavy atom. The van der Waals surface area contributed by atoms with Crippen LogP contribution in [0.3, 0.4) is 0 Å². The van der Waals surface area contributed by atoms with Crippen LogP contribution in [-0.4, -0.2) is 28.8 Å². The number of rotatable bonds is 9. The minimum Gasteiger partial charge on any atom is -0.497 e. The number of benzene rings is 1. The van der Waals surface area contributed by atoms with Gasteiger partial charge in [0.05, 0.1) is 12.8 Å². The highest BCUT2D eigenvalue weighted by molar-refractivity contribution is 5.76. The van der Waals surface area contributed by atoms with E-state index in [1.54, 1.807) is 13.2 Å². The first kappa shape index (κ1) is 20.7. The molecule has 1 aromatic carbocycles. The van der Waals surface area contributed by atoms with Gasteiger partial charge in [-0.1, -0.05) is 38.8 Å². The summed E-state index contributed by atoms with van der Waals surface area (Å²) in [6.45, 7) is 6.28. The maximum Gasteiger partial charge on any atom is 0.267 e. The van der Waals surface area contributed by atoms with Crippen molar-refractivity contribution in [1.82, 2.24) is 15.1 Å². The minimum absolute atomic E-state index is 0.0773. The van der Waals surface area contributed by atoms with E-state index in [1.807, 2.05) is 31.2 Å². The maximum atomic E-state index is 12.3. The number of nitrogens with zero attached hydrogens (tertiary/aromatic N) is 2. The van der Waals surface area contributed by atoms with E-state index in [9.17, 15) is 9.59 Å². The van der Waals surface area contributed by atoms with Crippen LogP contribution in [0.4, 0.5) is 0 Å². The van der Waals surface area contributed by atoms with E-state index < -0.39 is 0 Å². The largest absolute Gasteiger partial charge is 0.497 e. The zero-order chi connectivity index (χ0) is 19.8. The van der Waals surface area contributed by atoms with Crippen LogP contribution in [0.15, 0.2) is 41.2 Å². The number of methoxy groups -OCH3 is 1. The summed E-state index contributed by atoms with van der Waals surface area (Å²) >= 11 is 0. The van der Waals surface area contributed by atoms with Crippen LogP contribution in [0.5, 0.6) is 5.75 Å². The van der Waals surface area contributed by atoms with Gasteiger partial charge in [-0.05, 0) is 37.5 Å². The molecule has 1 N–H and O–H groups in total. The van der Waals surface area contributed by atoms with Crippen LogP contribution in [0, 0.1) is 5.92 Å². The fraction of sp³-hybridized carbons (Fsp3) is 0.476. The molecule has 0 aliphatic heterocycles. The molecule has 0 saturated carbocycles. The third kappa shape index (κ3) is 6.55. The molecule has 2 rings (SSSR count). The maximum absolute atomic E-state index is 12.3. The van der Waals surface area contributed by atoms with Gasteiger partial charge in [0.1, 0.15) is 12.3 Å². The van der Waals surface area contributed by atoms with Crippen molar-refractivity contribution in [2.45, 2.75) is 52.6 Å². The van der Waals surface area contributed by atoms with Crippen molar-refractivity contribution in [3.8, 4) is 17.0 Å². The lowest BCUT2D eigenvalue weighted by Crippen LogP contribution is -2.38. The number of hydrogen-bond donors (Lipinski definition) is 1. The van der Waals surface area contributed by atoms with E-state index in [0.717, 1.165) is 24.8 Å². The summed E-state index contributed by atoms with van der Waals surface area (Å²) < 4.78 is 6.42. The van der Waals surface area contributed by atoms with Gasteiger partial charge in [0.25, 0.3) is 5.56 Å². The Kier molecular flexibility index (Phi) is 7.58. The number of hydrogen-bond acceptors (Lipinski definition) is 4. The smallest absolute Gasteiger partial charge is 0.267 e.